The van der Waals surface area contributed by atoms with Crippen LogP contribution in [0, 0.1) is 5.82 Å². The normalized spacial score (nSPS) is 13.9. The summed E-state index contributed by atoms with van der Waals surface area (Å²) in [5.41, 5.74) is 2.38. The van der Waals surface area contributed by atoms with E-state index in [1.807, 2.05) is 12.1 Å². The number of hydrogen-bond donors (Lipinski definition) is 1. The van der Waals surface area contributed by atoms with Crippen molar-refractivity contribution < 1.29 is 4.39 Å². The zero-order valence-electron chi connectivity index (χ0n) is 12.1. The average Bonchev–Trinajstić information content (AvgIpc) is 2.39. The number of benzene rings is 2. The fourth-order valence-corrected chi connectivity index (χ4v) is 2.59. The van der Waals surface area contributed by atoms with Crippen molar-refractivity contribution in [2.24, 2.45) is 0 Å². The number of hydrogen-bond acceptors (Lipinski definition) is 1. The van der Waals surface area contributed by atoms with Gasteiger partial charge in [0.1, 0.15) is 5.82 Å². The van der Waals surface area contributed by atoms with Crippen LogP contribution in [0.15, 0.2) is 54.6 Å². The van der Waals surface area contributed by atoms with Crippen molar-refractivity contribution >= 4 is 0 Å². The van der Waals surface area contributed by atoms with Crippen molar-refractivity contribution in [1.29, 1.82) is 0 Å². The Morgan fingerprint density at radius 3 is 2.10 bits per heavy atom. The predicted octanol–water partition coefficient (Wildman–Crippen LogP) is 3.98. The standard InChI is InChI=1S/C18H22FN/c1-14(11-16-7-4-3-5-8-16)20-15(2)12-17-9-6-10-18(19)13-17/h3-10,13-15,20H,11-12H2,1-2H3. The van der Waals surface area contributed by atoms with Crippen LogP contribution in [0.5, 0.6) is 0 Å². The molecule has 0 aliphatic heterocycles. The summed E-state index contributed by atoms with van der Waals surface area (Å²) in [6.45, 7) is 4.33. The zero-order chi connectivity index (χ0) is 14.4. The van der Waals surface area contributed by atoms with E-state index in [1.165, 1.54) is 11.6 Å². The largest absolute Gasteiger partial charge is 0.311 e. The number of halogens is 1. The summed E-state index contributed by atoms with van der Waals surface area (Å²) < 4.78 is 13.1. The van der Waals surface area contributed by atoms with Gasteiger partial charge in [0.25, 0.3) is 0 Å². The Balaban J connectivity index is 1.83. The molecule has 2 heteroatoms. The summed E-state index contributed by atoms with van der Waals surface area (Å²) in [7, 11) is 0. The fraction of sp³-hybridized carbons (Fsp3) is 0.333. The van der Waals surface area contributed by atoms with Crippen LogP contribution in [0.2, 0.25) is 0 Å². The van der Waals surface area contributed by atoms with Gasteiger partial charge < -0.3 is 5.32 Å². The van der Waals surface area contributed by atoms with Gasteiger partial charge in [-0.3, -0.25) is 0 Å². The molecule has 0 aliphatic rings. The maximum absolute atomic E-state index is 13.1. The van der Waals surface area contributed by atoms with Gasteiger partial charge in [-0.15, -0.1) is 0 Å². The molecule has 0 aromatic heterocycles. The van der Waals surface area contributed by atoms with Crippen LogP contribution in [0.3, 0.4) is 0 Å². The highest BCUT2D eigenvalue weighted by molar-refractivity contribution is 5.18. The second kappa shape index (κ2) is 7.20. The van der Waals surface area contributed by atoms with Crippen LogP contribution >= 0.6 is 0 Å². The highest BCUT2D eigenvalue weighted by Crippen LogP contribution is 2.08. The monoisotopic (exact) mass is 271 g/mol. The van der Waals surface area contributed by atoms with E-state index in [1.54, 1.807) is 12.1 Å². The third kappa shape index (κ3) is 4.78. The lowest BCUT2D eigenvalue weighted by Crippen LogP contribution is -2.37. The molecule has 0 saturated heterocycles. The second-order valence-corrected chi connectivity index (χ2v) is 5.49. The first-order valence-corrected chi connectivity index (χ1v) is 7.18. The van der Waals surface area contributed by atoms with Gasteiger partial charge >= 0.3 is 0 Å². The molecule has 1 nitrogen and oxygen atoms in total. The SMILES string of the molecule is CC(Cc1ccccc1)NC(C)Cc1cccc(F)c1. The van der Waals surface area contributed by atoms with E-state index < -0.39 is 0 Å². The predicted molar refractivity (Wildman–Crippen MR) is 82.3 cm³/mol. The summed E-state index contributed by atoms with van der Waals surface area (Å²) in [4.78, 5) is 0. The maximum atomic E-state index is 13.1. The quantitative estimate of drug-likeness (QED) is 0.838. The Hall–Kier alpha value is -1.67. The number of rotatable bonds is 6. The molecule has 2 unspecified atom stereocenters. The van der Waals surface area contributed by atoms with Gasteiger partial charge in [0.05, 0.1) is 0 Å². The van der Waals surface area contributed by atoms with E-state index in [4.69, 9.17) is 0 Å². The molecule has 0 heterocycles. The van der Waals surface area contributed by atoms with Gasteiger partial charge in [-0.05, 0) is 49.9 Å². The highest BCUT2D eigenvalue weighted by atomic mass is 19.1. The Morgan fingerprint density at radius 1 is 0.850 bits per heavy atom. The van der Waals surface area contributed by atoms with E-state index in [9.17, 15) is 4.39 Å². The van der Waals surface area contributed by atoms with E-state index in [0.29, 0.717) is 12.1 Å². The van der Waals surface area contributed by atoms with Crippen molar-refractivity contribution in [2.45, 2.75) is 38.8 Å². The molecule has 0 aliphatic carbocycles. The van der Waals surface area contributed by atoms with Gasteiger partial charge in [0.2, 0.25) is 0 Å². The first-order valence-electron chi connectivity index (χ1n) is 7.18. The lowest BCUT2D eigenvalue weighted by molar-refractivity contribution is 0.462. The van der Waals surface area contributed by atoms with Gasteiger partial charge in [-0.2, -0.15) is 0 Å². The van der Waals surface area contributed by atoms with Gasteiger partial charge in [-0.25, -0.2) is 4.39 Å². The second-order valence-electron chi connectivity index (χ2n) is 5.49. The molecule has 20 heavy (non-hydrogen) atoms. The first-order chi connectivity index (χ1) is 9.63. The van der Waals surface area contributed by atoms with Crippen LogP contribution < -0.4 is 5.32 Å². The molecule has 1 N–H and O–H groups in total. The molecule has 2 atom stereocenters. The smallest absolute Gasteiger partial charge is 0.123 e. The van der Waals surface area contributed by atoms with Crippen molar-refractivity contribution in [3.05, 3.63) is 71.5 Å². The number of nitrogens with one attached hydrogen (secondary N) is 1. The molecule has 2 rings (SSSR count). The average molecular weight is 271 g/mol. The summed E-state index contributed by atoms with van der Waals surface area (Å²) in [5, 5.41) is 3.57. The van der Waals surface area contributed by atoms with Crippen molar-refractivity contribution in [3.63, 3.8) is 0 Å². The van der Waals surface area contributed by atoms with Gasteiger partial charge in [-0.1, -0.05) is 42.5 Å². The molecule has 0 saturated carbocycles. The molecule has 2 aromatic carbocycles. The molecule has 0 spiro atoms. The summed E-state index contributed by atoms with van der Waals surface area (Å²) in [6.07, 6.45) is 1.85. The first kappa shape index (κ1) is 14.7. The third-order valence-corrected chi connectivity index (χ3v) is 3.38. The Morgan fingerprint density at radius 2 is 1.45 bits per heavy atom. The van der Waals surface area contributed by atoms with Gasteiger partial charge in [0.15, 0.2) is 0 Å². The zero-order valence-corrected chi connectivity index (χ0v) is 12.1. The highest BCUT2D eigenvalue weighted by Gasteiger charge is 2.09. The van der Waals surface area contributed by atoms with Crippen molar-refractivity contribution in [3.8, 4) is 0 Å². The topological polar surface area (TPSA) is 12.0 Å². The molecule has 0 radical (unpaired) electrons. The van der Waals surface area contributed by atoms with E-state index in [-0.39, 0.29) is 5.82 Å². The fourth-order valence-electron chi connectivity index (χ4n) is 2.59. The van der Waals surface area contributed by atoms with Crippen LogP contribution in [-0.4, -0.2) is 12.1 Å². The summed E-state index contributed by atoms with van der Waals surface area (Å²) in [6, 6.07) is 18.0. The molecular weight excluding hydrogens is 249 g/mol. The Kier molecular flexibility index (Phi) is 5.31. The molecule has 2 aromatic rings. The minimum absolute atomic E-state index is 0.160. The molecule has 106 valence electrons. The van der Waals surface area contributed by atoms with Crippen LogP contribution in [-0.2, 0) is 12.8 Å². The molecular formula is C18H22FN. The molecule has 0 fully saturated rings. The minimum Gasteiger partial charge on any atom is -0.311 e. The third-order valence-electron chi connectivity index (χ3n) is 3.38. The lowest BCUT2D eigenvalue weighted by Gasteiger charge is -2.20. The van der Waals surface area contributed by atoms with E-state index in [0.717, 1.165) is 18.4 Å². The molecule has 0 bridgehead atoms. The maximum Gasteiger partial charge on any atom is 0.123 e. The Labute approximate surface area is 120 Å². The van der Waals surface area contributed by atoms with Crippen LogP contribution in [0.1, 0.15) is 25.0 Å². The lowest BCUT2D eigenvalue weighted by atomic mass is 10.0. The van der Waals surface area contributed by atoms with Crippen molar-refractivity contribution in [1.82, 2.24) is 5.32 Å². The summed E-state index contributed by atoms with van der Waals surface area (Å²) >= 11 is 0. The van der Waals surface area contributed by atoms with Gasteiger partial charge in [0, 0.05) is 12.1 Å². The van der Waals surface area contributed by atoms with Crippen LogP contribution in [0.25, 0.3) is 0 Å². The molecule has 0 amide bonds. The van der Waals surface area contributed by atoms with E-state index in [2.05, 4.69) is 43.4 Å². The van der Waals surface area contributed by atoms with Crippen molar-refractivity contribution in [2.75, 3.05) is 0 Å². The van der Waals surface area contributed by atoms with Crippen LogP contribution in [0.4, 0.5) is 4.39 Å². The minimum atomic E-state index is -0.160. The summed E-state index contributed by atoms with van der Waals surface area (Å²) in [5.74, 6) is -0.160. The van der Waals surface area contributed by atoms with E-state index >= 15 is 0 Å². The Bertz CT molecular complexity index is 524.